The molecule has 0 bridgehead atoms. The van der Waals surface area contributed by atoms with E-state index < -0.39 is 7.14 Å². The Balaban J connectivity index is 1.76. The van der Waals surface area contributed by atoms with Crippen LogP contribution >= 0.6 is 23.1 Å². The molecule has 0 N–H and O–H groups in total. The van der Waals surface area contributed by atoms with E-state index >= 15 is 4.57 Å². The van der Waals surface area contributed by atoms with Crippen LogP contribution in [0.2, 0.25) is 0 Å². The second-order valence-electron chi connectivity index (χ2n) is 7.45. The highest BCUT2D eigenvalue weighted by Crippen LogP contribution is 2.61. The number of hydrogen-bond donors (Lipinski definition) is 0. The van der Waals surface area contributed by atoms with Crippen LogP contribution in [-0.2, 0) is 4.57 Å². The van der Waals surface area contributed by atoms with Gasteiger partial charge in [-0.15, -0.1) is 0 Å². The molecular weight excluding hydrogens is 467 g/mol. The Bertz CT molecular complexity index is 1240. The Morgan fingerprint density at radius 2 is 1.23 bits per heavy atom. The summed E-state index contributed by atoms with van der Waals surface area (Å²) in [6, 6.07) is 35.5. The van der Waals surface area contributed by atoms with Crippen molar-refractivity contribution in [1.29, 1.82) is 0 Å². The van der Waals surface area contributed by atoms with Crippen LogP contribution < -0.4 is 15.3 Å². The van der Waals surface area contributed by atoms with Crippen LogP contribution in [0.15, 0.2) is 120 Å². The Kier molecular flexibility index (Phi) is 5.40. The summed E-state index contributed by atoms with van der Waals surface area (Å²) >= 11 is 3.50. The molecule has 0 aromatic heterocycles. The highest BCUT2D eigenvalue weighted by atomic mass is 79.9. The lowest BCUT2D eigenvalue weighted by Gasteiger charge is -2.32. The van der Waals surface area contributed by atoms with Crippen molar-refractivity contribution in [3.63, 3.8) is 0 Å². The molecule has 1 aliphatic heterocycles. The topological polar surface area (TPSA) is 26.3 Å². The lowest BCUT2D eigenvalue weighted by atomic mass is 10.0. The van der Waals surface area contributed by atoms with Crippen molar-refractivity contribution in [1.82, 2.24) is 0 Å². The third-order valence-electron chi connectivity index (χ3n) is 5.57. The fourth-order valence-corrected chi connectivity index (χ4v) is 7.43. The zero-order valence-electron chi connectivity index (χ0n) is 16.7. The SMILES string of the molecule is O=P(c1ccccc1)(c1ccccc1)C1C=C(c2ccc(Br)cc2)Oc2ccccc21. The molecule has 1 aliphatic rings. The van der Waals surface area contributed by atoms with Crippen molar-refractivity contribution in [2.24, 2.45) is 0 Å². The van der Waals surface area contributed by atoms with Gasteiger partial charge in [0.05, 0.1) is 5.66 Å². The summed E-state index contributed by atoms with van der Waals surface area (Å²) in [6.07, 6.45) is 2.03. The smallest absolute Gasteiger partial charge is 0.154 e. The number of ether oxygens (including phenoxy) is 1. The Hall–Kier alpha value is -2.87. The molecule has 1 unspecified atom stereocenters. The highest BCUT2D eigenvalue weighted by molar-refractivity contribution is 9.10. The number of rotatable bonds is 4. The maximum Gasteiger partial charge on any atom is 0.154 e. The van der Waals surface area contributed by atoms with Gasteiger partial charge in [0, 0.05) is 26.2 Å². The van der Waals surface area contributed by atoms with E-state index in [9.17, 15) is 0 Å². The first-order chi connectivity index (χ1) is 15.2. The van der Waals surface area contributed by atoms with E-state index in [1.165, 1.54) is 0 Å². The molecule has 4 aromatic rings. The van der Waals surface area contributed by atoms with Gasteiger partial charge < -0.3 is 9.30 Å². The second kappa shape index (κ2) is 8.34. The monoisotopic (exact) mass is 486 g/mol. The molecule has 1 atom stereocenters. The maximum atomic E-state index is 15.1. The van der Waals surface area contributed by atoms with E-state index in [1.807, 2.05) is 115 Å². The Labute approximate surface area is 190 Å². The van der Waals surface area contributed by atoms with Gasteiger partial charge in [0.1, 0.15) is 11.5 Å². The molecule has 4 heteroatoms. The summed E-state index contributed by atoms with van der Waals surface area (Å²) in [5.74, 6) is 1.48. The number of benzene rings is 4. The van der Waals surface area contributed by atoms with Crippen molar-refractivity contribution in [3.05, 3.63) is 131 Å². The zero-order chi connectivity index (χ0) is 21.3. The molecule has 0 aliphatic carbocycles. The van der Waals surface area contributed by atoms with Crippen LogP contribution in [0.1, 0.15) is 16.8 Å². The number of fused-ring (bicyclic) bond motifs is 1. The first kappa shape index (κ1) is 20.1. The number of allylic oxidation sites excluding steroid dienone is 1. The average Bonchev–Trinajstić information content (AvgIpc) is 2.84. The van der Waals surface area contributed by atoms with E-state index in [2.05, 4.69) is 15.9 Å². The molecule has 0 amide bonds. The lowest BCUT2D eigenvalue weighted by molar-refractivity contribution is 0.494. The summed E-state index contributed by atoms with van der Waals surface area (Å²) in [4.78, 5) is 0. The highest BCUT2D eigenvalue weighted by Gasteiger charge is 2.40. The first-order valence-electron chi connectivity index (χ1n) is 10.1. The molecule has 31 heavy (non-hydrogen) atoms. The van der Waals surface area contributed by atoms with Gasteiger partial charge in [-0.05, 0) is 24.3 Å². The molecule has 5 rings (SSSR count). The van der Waals surface area contributed by atoms with E-state index in [0.29, 0.717) is 0 Å². The maximum absolute atomic E-state index is 15.1. The third-order valence-corrected chi connectivity index (χ3v) is 9.44. The van der Waals surface area contributed by atoms with Gasteiger partial charge in [-0.3, -0.25) is 0 Å². The van der Waals surface area contributed by atoms with Gasteiger partial charge in [0.2, 0.25) is 0 Å². The summed E-state index contributed by atoms with van der Waals surface area (Å²) in [6.45, 7) is 0. The van der Waals surface area contributed by atoms with Crippen molar-refractivity contribution in [2.75, 3.05) is 0 Å². The van der Waals surface area contributed by atoms with E-state index in [0.717, 1.165) is 37.7 Å². The van der Waals surface area contributed by atoms with E-state index in [-0.39, 0.29) is 5.66 Å². The molecule has 4 aromatic carbocycles. The molecular formula is C27H20BrO2P. The quantitative estimate of drug-likeness (QED) is 0.292. The predicted octanol–water partition coefficient (Wildman–Crippen LogP) is 6.94. The van der Waals surface area contributed by atoms with Gasteiger partial charge in [-0.1, -0.05) is 107 Å². The van der Waals surface area contributed by atoms with Gasteiger partial charge in [-0.2, -0.15) is 0 Å². The summed E-state index contributed by atoms with van der Waals surface area (Å²) < 4.78 is 22.3. The van der Waals surface area contributed by atoms with Crippen LogP contribution in [0.25, 0.3) is 5.76 Å². The standard InChI is InChI=1S/C27H20BrO2P/c28-21-17-15-20(16-18-21)26-19-27(24-13-7-8-14-25(24)30-26)31(29,22-9-3-1-4-10-22)23-11-5-2-6-12-23/h1-19,27H. The van der Waals surface area contributed by atoms with Crippen molar-refractivity contribution < 1.29 is 9.30 Å². The molecule has 152 valence electrons. The molecule has 0 radical (unpaired) electrons. The van der Waals surface area contributed by atoms with Gasteiger partial charge in [0.15, 0.2) is 7.14 Å². The Morgan fingerprint density at radius 3 is 1.84 bits per heavy atom. The van der Waals surface area contributed by atoms with E-state index in [4.69, 9.17) is 4.74 Å². The van der Waals surface area contributed by atoms with Crippen LogP contribution in [0.3, 0.4) is 0 Å². The average molecular weight is 487 g/mol. The number of halogens is 1. The fraction of sp³-hybridized carbons (Fsp3) is 0.0370. The Morgan fingerprint density at radius 1 is 0.677 bits per heavy atom. The number of para-hydroxylation sites is 1. The molecule has 0 fully saturated rings. The van der Waals surface area contributed by atoms with Gasteiger partial charge in [0.25, 0.3) is 0 Å². The van der Waals surface area contributed by atoms with Crippen LogP contribution in [0, 0.1) is 0 Å². The van der Waals surface area contributed by atoms with Crippen molar-refractivity contribution >= 4 is 39.4 Å². The molecule has 0 saturated carbocycles. The molecule has 2 nitrogen and oxygen atoms in total. The van der Waals surface area contributed by atoms with Crippen molar-refractivity contribution in [2.45, 2.75) is 5.66 Å². The normalized spacial score (nSPS) is 15.5. The largest absolute Gasteiger partial charge is 0.457 e. The molecule has 0 spiro atoms. The fourth-order valence-electron chi connectivity index (χ4n) is 4.04. The number of hydrogen-bond acceptors (Lipinski definition) is 2. The molecule has 1 heterocycles. The van der Waals surface area contributed by atoms with Gasteiger partial charge in [-0.25, -0.2) is 0 Å². The molecule has 0 saturated heterocycles. The first-order valence-corrected chi connectivity index (χ1v) is 12.7. The third kappa shape index (κ3) is 3.69. The van der Waals surface area contributed by atoms with Crippen molar-refractivity contribution in [3.8, 4) is 5.75 Å². The minimum Gasteiger partial charge on any atom is -0.457 e. The summed E-state index contributed by atoms with van der Waals surface area (Å²) in [7, 11) is -3.06. The second-order valence-corrected chi connectivity index (χ2v) is 11.3. The van der Waals surface area contributed by atoms with Crippen LogP contribution in [0.4, 0.5) is 0 Å². The minimum atomic E-state index is -3.06. The lowest BCUT2D eigenvalue weighted by Crippen LogP contribution is -2.22. The zero-order valence-corrected chi connectivity index (χ0v) is 19.2. The van der Waals surface area contributed by atoms with Crippen LogP contribution in [0.5, 0.6) is 5.75 Å². The summed E-state index contributed by atoms with van der Waals surface area (Å²) in [5, 5.41) is 1.68. The minimum absolute atomic E-state index is 0.333. The predicted molar refractivity (Wildman–Crippen MR) is 132 cm³/mol. The van der Waals surface area contributed by atoms with E-state index in [1.54, 1.807) is 0 Å². The van der Waals surface area contributed by atoms with Crippen LogP contribution in [-0.4, -0.2) is 0 Å². The summed E-state index contributed by atoms with van der Waals surface area (Å²) in [5.41, 5.74) is 1.57. The van der Waals surface area contributed by atoms with Gasteiger partial charge >= 0.3 is 0 Å².